The first-order valence-corrected chi connectivity index (χ1v) is 12.8. The Bertz CT molecular complexity index is 1540. The lowest BCUT2D eigenvalue weighted by atomic mass is 9.91. The minimum atomic E-state index is -0.0737. The lowest BCUT2D eigenvalue weighted by Crippen LogP contribution is -2.38. The van der Waals surface area contributed by atoms with E-state index in [1.807, 2.05) is 54.6 Å². The van der Waals surface area contributed by atoms with Gasteiger partial charge in [-0.3, -0.25) is 9.78 Å². The van der Waals surface area contributed by atoms with Crippen LogP contribution in [0.5, 0.6) is 11.5 Å². The molecule has 0 radical (unpaired) electrons. The number of nitrogens with one attached hydrogen (secondary N) is 1. The van der Waals surface area contributed by atoms with Crippen molar-refractivity contribution >= 4 is 22.8 Å². The normalized spacial score (nSPS) is 17.3. The molecule has 1 aliphatic rings. The Kier molecular flexibility index (Phi) is 6.44. The number of nitrogens with zero attached hydrogens (tertiary/aromatic N) is 4. The number of hydrogen-bond donors (Lipinski definition) is 2. The van der Waals surface area contributed by atoms with Crippen molar-refractivity contribution in [2.75, 3.05) is 5.73 Å². The molecule has 8 nitrogen and oxygen atoms in total. The van der Waals surface area contributed by atoms with Crippen molar-refractivity contribution in [3.05, 3.63) is 97.2 Å². The Morgan fingerprint density at radius 2 is 1.68 bits per heavy atom. The van der Waals surface area contributed by atoms with Crippen molar-refractivity contribution in [1.82, 2.24) is 24.8 Å². The van der Waals surface area contributed by atoms with E-state index >= 15 is 0 Å². The van der Waals surface area contributed by atoms with Gasteiger partial charge in [-0.1, -0.05) is 30.3 Å². The lowest BCUT2D eigenvalue weighted by Gasteiger charge is -2.30. The maximum absolute atomic E-state index is 12.6. The number of carbonyl (C=O) groups is 1. The number of amides is 1. The van der Waals surface area contributed by atoms with E-state index in [1.165, 1.54) is 6.33 Å². The monoisotopic (exact) mass is 504 g/mol. The molecule has 1 saturated carbocycles. The second kappa shape index (κ2) is 10.3. The molecule has 3 N–H and O–H groups in total. The average Bonchev–Trinajstić information content (AvgIpc) is 3.36. The molecule has 38 heavy (non-hydrogen) atoms. The zero-order chi connectivity index (χ0) is 25.9. The third kappa shape index (κ3) is 4.80. The van der Waals surface area contributed by atoms with Crippen LogP contribution >= 0.6 is 0 Å². The van der Waals surface area contributed by atoms with E-state index in [2.05, 4.69) is 31.0 Å². The predicted molar refractivity (Wildman–Crippen MR) is 147 cm³/mol. The maximum Gasteiger partial charge on any atom is 0.253 e. The van der Waals surface area contributed by atoms with Crippen LogP contribution in [0.1, 0.15) is 42.1 Å². The van der Waals surface area contributed by atoms with Crippen LogP contribution in [0.3, 0.4) is 0 Å². The number of hydrogen-bond acceptors (Lipinski definition) is 6. The number of nitrogen functional groups attached to an aromatic ring is 1. The van der Waals surface area contributed by atoms with Crippen molar-refractivity contribution in [3.63, 3.8) is 0 Å². The molecule has 0 aliphatic heterocycles. The second-order valence-corrected chi connectivity index (χ2v) is 9.57. The number of carbonyl (C=O) groups excluding carboxylic acids is 1. The topological polar surface area (TPSA) is 108 Å². The third-order valence-corrected chi connectivity index (χ3v) is 7.13. The summed E-state index contributed by atoms with van der Waals surface area (Å²) in [4.78, 5) is 25.5. The number of para-hydroxylation sites is 1. The summed E-state index contributed by atoms with van der Waals surface area (Å²) >= 11 is 0. The van der Waals surface area contributed by atoms with Crippen LogP contribution in [0, 0.1) is 0 Å². The van der Waals surface area contributed by atoms with E-state index in [0.29, 0.717) is 11.4 Å². The van der Waals surface area contributed by atoms with Gasteiger partial charge in [0.1, 0.15) is 29.3 Å². The summed E-state index contributed by atoms with van der Waals surface area (Å²) in [6, 6.07) is 21.7. The number of benzene rings is 2. The summed E-state index contributed by atoms with van der Waals surface area (Å²) in [6.07, 6.45) is 10.6. The highest BCUT2D eigenvalue weighted by molar-refractivity contribution is 6.00. The van der Waals surface area contributed by atoms with E-state index in [9.17, 15) is 4.79 Å². The van der Waals surface area contributed by atoms with E-state index in [0.717, 1.165) is 59.3 Å². The molecule has 1 fully saturated rings. The van der Waals surface area contributed by atoms with Gasteiger partial charge in [0.05, 0.1) is 10.9 Å². The Balaban J connectivity index is 1.21. The van der Waals surface area contributed by atoms with Gasteiger partial charge in [-0.25, -0.2) is 9.97 Å². The molecule has 1 aliphatic carbocycles. The lowest BCUT2D eigenvalue weighted by molar-refractivity contribution is 0.0922. The number of anilines is 1. The fourth-order valence-electron chi connectivity index (χ4n) is 5.20. The van der Waals surface area contributed by atoms with Crippen molar-refractivity contribution in [2.45, 2.75) is 37.8 Å². The molecule has 0 saturated heterocycles. The molecule has 2 aromatic carbocycles. The van der Waals surface area contributed by atoms with Crippen LogP contribution in [0.2, 0.25) is 0 Å². The zero-order valence-corrected chi connectivity index (χ0v) is 20.8. The first-order chi connectivity index (χ1) is 18.7. The highest BCUT2D eigenvalue weighted by atomic mass is 16.5. The number of aromatic nitrogens is 4. The SMILES string of the molecule is Nc1ncnc2c1c(-c1ccc(Oc3ccccc3)cc1)cn2[C@H]1CC[C@H](NC(=O)c2cccnc2)CC1. The quantitative estimate of drug-likeness (QED) is 0.303. The van der Waals surface area contributed by atoms with E-state index < -0.39 is 0 Å². The van der Waals surface area contributed by atoms with Gasteiger partial charge in [0.2, 0.25) is 0 Å². The van der Waals surface area contributed by atoms with E-state index in [1.54, 1.807) is 24.5 Å². The van der Waals surface area contributed by atoms with Gasteiger partial charge in [0.15, 0.2) is 0 Å². The number of fused-ring (bicyclic) bond motifs is 1. The molecule has 0 spiro atoms. The first kappa shape index (κ1) is 23.7. The molecule has 190 valence electrons. The first-order valence-electron chi connectivity index (χ1n) is 12.8. The summed E-state index contributed by atoms with van der Waals surface area (Å²) in [5, 5.41) is 4.02. The number of nitrogens with two attached hydrogens (primary N) is 1. The van der Waals surface area contributed by atoms with Crippen LogP contribution < -0.4 is 15.8 Å². The van der Waals surface area contributed by atoms with Gasteiger partial charge in [0, 0.05) is 36.2 Å². The second-order valence-electron chi connectivity index (χ2n) is 9.57. The average molecular weight is 505 g/mol. The van der Waals surface area contributed by atoms with E-state index in [4.69, 9.17) is 10.5 Å². The number of rotatable bonds is 6. The van der Waals surface area contributed by atoms with Gasteiger partial charge in [-0.15, -0.1) is 0 Å². The summed E-state index contributed by atoms with van der Waals surface area (Å²) in [6.45, 7) is 0. The van der Waals surface area contributed by atoms with Gasteiger partial charge in [-0.2, -0.15) is 0 Å². The Labute approximate surface area is 220 Å². The van der Waals surface area contributed by atoms with Crippen molar-refractivity contribution in [1.29, 1.82) is 0 Å². The Morgan fingerprint density at radius 1 is 0.921 bits per heavy atom. The molecule has 1 amide bonds. The highest BCUT2D eigenvalue weighted by Crippen LogP contribution is 2.38. The standard InChI is InChI=1S/C30H28N6O2/c31-28-27-26(20-8-14-25(15-9-20)38-24-6-2-1-3-7-24)18-36(29(27)34-19-33-28)23-12-10-22(11-13-23)35-30(37)21-5-4-16-32-17-21/h1-9,14-19,22-23H,10-13H2,(H,35,37)(H2,31,33,34)/t22-,23-. The van der Waals surface area contributed by atoms with Crippen LogP contribution in [0.15, 0.2) is 91.6 Å². The fourth-order valence-corrected chi connectivity index (χ4v) is 5.20. The van der Waals surface area contributed by atoms with Gasteiger partial charge in [-0.05, 0) is 67.6 Å². The predicted octanol–water partition coefficient (Wildman–Crippen LogP) is 5.78. The highest BCUT2D eigenvalue weighted by Gasteiger charge is 2.26. The van der Waals surface area contributed by atoms with Crippen molar-refractivity contribution in [2.24, 2.45) is 0 Å². The molecular weight excluding hydrogens is 476 g/mol. The molecule has 0 atom stereocenters. The molecule has 0 unspecified atom stereocenters. The van der Waals surface area contributed by atoms with E-state index in [-0.39, 0.29) is 18.0 Å². The minimum Gasteiger partial charge on any atom is -0.457 e. The van der Waals surface area contributed by atoms with Crippen LogP contribution in [0.4, 0.5) is 5.82 Å². The van der Waals surface area contributed by atoms with Crippen LogP contribution in [-0.2, 0) is 0 Å². The summed E-state index contributed by atoms with van der Waals surface area (Å²) in [5.41, 5.74) is 9.80. The number of ether oxygens (including phenoxy) is 1. The molecule has 0 bridgehead atoms. The van der Waals surface area contributed by atoms with Gasteiger partial charge < -0.3 is 20.4 Å². The largest absolute Gasteiger partial charge is 0.457 e. The number of pyridine rings is 1. The minimum absolute atomic E-state index is 0.0737. The summed E-state index contributed by atoms with van der Waals surface area (Å²) in [7, 11) is 0. The van der Waals surface area contributed by atoms with Gasteiger partial charge in [0.25, 0.3) is 5.91 Å². The summed E-state index contributed by atoms with van der Waals surface area (Å²) in [5.74, 6) is 1.95. The summed E-state index contributed by atoms with van der Waals surface area (Å²) < 4.78 is 8.19. The molecule has 3 aromatic heterocycles. The van der Waals surface area contributed by atoms with Crippen LogP contribution in [-0.4, -0.2) is 31.5 Å². The van der Waals surface area contributed by atoms with Crippen LogP contribution in [0.25, 0.3) is 22.2 Å². The Morgan fingerprint density at radius 3 is 2.42 bits per heavy atom. The van der Waals surface area contributed by atoms with Gasteiger partial charge >= 0.3 is 0 Å². The molecule has 6 rings (SSSR count). The van der Waals surface area contributed by atoms with Crippen molar-refractivity contribution < 1.29 is 9.53 Å². The third-order valence-electron chi connectivity index (χ3n) is 7.13. The molecule has 8 heteroatoms. The van der Waals surface area contributed by atoms with Crippen molar-refractivity contribution in [3.8, 4) is 22.6 Å². The zero-order valence-electron chi connectivity index (χ0n) is 20.8. The molecular formula is C30H28N6O2. The molecule has 3 heterocycles. The fraction of sp³-hybridized carbons (Fsp3) is 0.200. The molecule has 5 aromatic rings. The maximum atomic E-state index is 12.6. The smallest absolute Gasteiger partial charge is 0.253 e. The Hall–Kier alpha value is -4.72.